The number of amides is 2. The summed E-state index contributed by atoms with van der Waals surface area (Å²) in [6.07, 6.45) is 2.90. The topological polar surface area (TPSA) is 96.0 Å². The maximum absolute atomic E-state index is 13.4. The Labute approximate surface area is 193 Å². The summed E-state index contributed by atoms with van der Waals surface area (Å²) in [5, 5.41) is 2.70. The van der Waals surface area contributed by atoms with Gasteiger partial charge in [0.15, 0.2) is 6.61 Å². The lowest BCUT2D eigenvalue weighted by atomic mass is 9.94. The first-order valence-electron chi connectivity index (χ1n) is 11.3. The van der Waals surface area contributed by atoms with Crippen LogP contribution in [0.4, 0.5) is 11.4 Å². The number of carbonyl (C=O) groups is 2. The summed E-state index contributed by atoms with van der Waals surface area (Å²) in [5.74, 6) is -0.00717. The molecule has 174 valence electrons. The van der Waals surface area contributed by atoms with Crippen LogP contribution in [0.1, 0.15) is 30.4 Å². The average Bonchev–Trinajstić information content (AvgIpc) is 2.82. The number of sulfonamides is 1. The third kappa shape index (κ3) is 4.00. The molecule has 0 aromatic heterocycles. The van der Waals surface area contributed by atoms with Crippen molar-refractivity contribution >= 4 is 33.2 Å². The van der Waals surface area contributed by atoms with Crippen LogP contribution in [-0.2, 0) is 26.0 Å². The van der Waals surface area contributed by atoms with Crippen molar-refractivity contribution in [2.75, 3.05) is 36.5 Å². The van der Waals surface area contributed by atoms with Crippen LogP contribution in [0.15, 0.2) is 41.3 Å². The Bertz CT molecular complexity index is 1220. The minimum atomic E-state index is -3.75. The molecule has 1 saturated heterocycles. The maximum atomic E-state index is 13.4. The summed E-state index contributed by atoms with van der Waals surface area (Å²) in [7, 11) is -3.75. The first kappa shape index (κ1) is 21.9. The lowest BCUT2D eigenvalue weighted by Crippen LogP contribution is -2.45. The first-order valence-corrected chi connectivity index (χ1v) is 12.8. The molecule has 0 saturated carbocycles. The van der Waals surface area contributed by atoms with E-state index in [9.17, 15) is 18.0 Å². The number of aryl methyl sites for hydroxylation is 2. The molecule has 0 bridgehead atoms. The summed E-state index contributed by atoms with van der Waals surface area (Å²) in [6, 6.07) is 11.1. The lowest BCUT2D eigenvalue weighted by Gasteiger charge is -2.36. The van der Waals surface area contributed by atoms with E-state index in [-0.39, 0.29) is 29.2 Å². The lowest BCUT2D eigenvalue weighted by molar-refractivity contribution is -0.123. The van der Waals surface area contributed by atoms with E-state index in [2.05, 4.69) is 11.4 Å². The third-order valence-corrected chi connectivity index (χ3v) is 8.75. The molecule has 2 aromatic carbocycles. The molecule has 1 fully saturated rings. The molecule has 3 heterocycles. The van der Waals surface area contributed by atoms with Crippen molar-refractivity contribution in [3.05, 3.63) is 47.5 Å². The van der Waals surface area contributed by atoms with Crippen LogP contribution >= 0.6 is 0 Å². The van der Waals surface area contributed by atoms with Gasteiger partial charge in [-0.2, -0.15) is 4.31 Å². The van der Waals surface area contributed by atoms with Gasteiger partial charge >= 0.3 is 0 Å². The van der Waals surface area contributed by atoms with Gasteiger partial charge in [0.1, 0.15) is 5.75 Å². The highest BCUT2D eigenvalue weighted by Crippen LogP contribution is 2.36. The standard InChI is InChI=1S/C24H27N3O5S/c1-16-13-19-21(32-15-23(28)25-19)14-22(16)33(30,31)26-11-8-18(9-12-26)24(29)27-10-4-6-17-5-2-3-7-20(17)27/h2-3,5,7,13-14,18H,4,6,8-12,15H2,1H3,(H,25,28). The van der Waals surface area contributed by atoms with Gasteiger partial charge in [-0.15, -0.1) is 0 Å². The Kier molecular flexibility index (Phi) is 5.62. The number of carbonyl (C=O) groups excluding carboxylic acids is 2. The number of rotatable bonds is 3. The SMILES string of the molecule is Cc1cc2c(cc1S(=O)(=O)N1CCC(C(=O)N3CCCc4ccccc43)CC1)OCC(=O)N2. The highest BCUT2D eigenvalue weighted by molar-refractivity contribution is 7.89. The second-order valence-corrected chi connectivity index (χ2v) is 10.8. The average molecular weight is 470 g/mol. The van der Waals surface area contributed by atoms with Gasteiger partial charge in [-0.1, -0.05) is 18.2 Å². The molecule has 0 aliphatic carbocycles. The minimum absolute atomic E-state index is 0.0910. The minimum Gasteiger partial charge on any atom is -0.482 e. The van der Waals surface area contributed by atoms with E-state index < -0.39 is 10.0 Å². The molecule has 1 N–H and O–H groups in total. The smallest absolute Gasteiger partial charge is 0.262 e. The van der Waals surface area contributed by atoms with Crippen molar-refractivity contribution < 1.29 is 22.7 Å². The number of hydrogen-bond acceptors (Lipinski definition) is 5. The van der Waals surface area contributed by atoms with Crippen molar-refractivity contribution in [1.29, 1.82) is 0 Å². The molecule has 0 unspecified atom stereocenters. The van der Waals surface area contributed by atoms with Crippen LogP contribution in [0.5, 0.6) is 5.75 Å². The number of fused-ring (bicyclic) bond motifs is 2. The second-order valence-electron chi connectivity index (χ2n) is 8.85. The van der Waals surface area contributed by atoms with Crippen LogP contribution in [0, 0.1) is 12.8 Å². The zero-order valence-corrected chi connectivity index (χ0v) is 19.4. The fourth-order valence-corrected chi connectivity index (χ4v) is 6.65. The number of hydrogen-bond donors (Lipinski definition) is 1. The second kappa shape index (κ2) is 8.46. The van der Waals surface area contributed by atoms with Crippen LogP contribution in [-0.4, -0.2) is 50.8 Å². The van der Waals surface area contributed by atoms with Crippen molar-refractivity contribution in [1.82, 2.24) is 4.31 Å². The summed E-state index contributed by atoms with van der Waals surface area (Å²) >= 11 is 0. The number of nitrogens with zero attached hydrogens (tertiary/aromatic N) is 2. The maximum Gasteiger partial charge on any atom is 0.262 e. The normalized spacial score (nSPS) is 19.3. The van der Waals surface area contributed by atoms with Crippen molar-refractivity contribution in [2.45, 2.75) is 37.5 Å². The first-order chi connectivity index (χ1) is 15.8. The van der Waals surface area contributed by atoms with Gasteiger partial charge in [0.25, 0.3) is 5.91 Å². The van der Waals surface area contributed by atoms with Crippen molar-refractivity contribution in [3.63, 3.8) is 0 Å². The molecule has 3 aliphatic rings. The summed E-state index contributed by atoms with van der Waals surface area (Å²) in [5.41, 5.74) is 3.20. The van der Waals surface area contributed by atoms with Gasteiger partial charge in [0.2, 0.25) is 15.9 Å². The summed E-state index contributed by atoms with van der Waals surface area (Å²) in [4.78, 5) is 26.9. The summed E-state index contributed by atoms with van der Waals surface area (Å²) < 4.78 is 33.6. The quantitative estimate of drug-likeness (QED) is 0.746. The van der Waals surface area contributed by atoms with Gasteiger partial charge in [-0.3, -0.25) is 9.59 Å². The third-order valence-electron chi connectivity index (χ3n) is 6.71. The Hall–Kier alpha value is -2.91. The highest BCUT2D eigenvalue weighted by atomic mass is 32.2. The van der Waals surface area contributed by atoms with E-state index in [0.717, 1.165) is 18.5 Å². The Morgan fingerprint density at radius 1 is 1.12 bits per heavy atom. The zero-order chi connectivity index (χ0) is 23.2. The molecule has 2 aromatic rings. The predicted molar refractivity (Wildman–Crippen MR) is 124 cm³/mol. The number of anilines is 2. The number of nitrogens with one attached hydrogen (secondary N) is 1. The molecule has 33 heavy (non-hydrogen) atoms. The monoisotopic (exact) mass is 469 g/mol. The molecule has 2 amide bonds. The highest BCUT2D eigenvalue weighted by Gasteiger charge is 2.36. The van der Waals surface area contributed by atoms with E-state index in [1.165, 1.54) is 15.9 Å². The van der Waals surface area contributed by atoms with Gasteiger partial charge in [0.05, 0.1) is 10.6 Å². The molecule has 0 radical (unpaired) electrons. The van der Waals surface area contributed by atoms with Gasteiger partial charge in [-0.25, -0.2) is 8.42 Å². The van der Waals surface area contributed by atoms with E-state index in [1.807, 2.05) is 23.1 Å². The fraction of sp³-hybridized carbons (Fsp3) is 0.417. The van der Waals surface area contributed by atoms with Crippen LogP contribution < -0.4 is 15.0 Å². The molecule has 0 spiro atoms. The van der Waals surface area contributed by atoms with Gasteiger partial charge in [0, 0.05) is 37.3 Å². The largest absolute Gasteiger partial charge is 0.482 e. The predicted octanol–water partition coefficient (Wildman–Crippen LogP) is 2.71. The summed E-state index contributed by atoms with van der Waals surface area (Å²) in [6.45, 7) is 2.87. The number of piperidine rings is 1. The van der Waals surface area contributed by atoms with Crippen molar-refractivity contribution in [2.24, 2.45) is 5.92 Å². The molecule has 9 heteroatoms. The molecular formula is C24H27N3O5S. The number of benzene rings is 2. The van der Waals surface area contributed by atoms with Crippen molar-refractivity contribution in [3.8, 4) is 5.75 Å². The molecule has 5 rings (SSSR count). The molecular weight excluding hydrogens is 442 g/mol. The van der Waals surface area contributed by atoms with E-state index in [4.69, 9.17) is 4.74 Å². The van der Waals surface area contributed by atoms with E-state index in [0.29, 0.717) is 49.5 Å². The Balaban J connectivity index is 1.30. The van der Waals surface area contributed by atoms with Gasteiger partial charge in [-0.05, 0) is 55.9 Å². The van der Waals surface area contributed by atoms with E-state index >= 15 is 0 Å². The molecule has 8 nitrogen and oxygen atoms in total. The molecule has 3 aliphatic heterocycles. The fourth-order valence-electron chi connectivity index (χ4n) is 4.96. The Morgan fingerprint density at radius 2 is 1.88 bits per heavy atom. The zero-order valence-electron chi connectivity index (χ0n) is 18.5. The van der Waals surface area contributed by atoms with Crippen LogP contribution in [0.2, 0.25) is 0 Å². The Morgan fingerprint density at radius 3 is 2.67 bits per heavy atom. The number of ether oxygens (including phenoxy) is 1. The number of para-hydroxylation sites is 1. The molecule has 0 atom stereocenters. The van der Waals surface area contributed by atoms with Gasteiger partial charge < -0.3 is 15.0 Å². The van der Waals surface area contributed by atoms with E-state index in [1.54, 1.807) is 13.0 Å². The van der Waals surface area contributed by atoms with Crippen LogP contribution in [0.3, 0.4) is 0 Å². The van der Waals surface area contributed by atoms with Crippen LogP contribution in [0.25, 0.3) is 0 Å².